The lowest BCUT2D eigenvalue weighted by Gasteiger charge is -2.21. The molecule has 3 N–H and O–H groups in total. The number of benzene rings is 2. The molecule has 2 rings (SSSR count). The van der Waals surface area contributed by atoms with Crippen LogP contribution in [0.2, 0.25) is 0 Å². The van der Waals surface area contributed by atoms with Crippen LogP contribution in [0.15, 0.2) is 42.5 Å². The topological polar surface area (TPSA) is 47.3 Å². The Hall–Kier alpha value is -1.91. The third-order valence-electron chi connectivity index (χ3n) is 3.24. The number of halogens is 1. The van der Waals surface area contributed by atoms with Crippen LogP contribution in [0.1, 0.15) is 29.7 Å². The van der Waals surface area contributed by atoms with E-state index in [0.29, 0.717) is 6.61 Å². The first kappa shape index (κ1) is 14.5. The average molecular weight is 274 g/mol. The maximum atomic E-state index is 13.2. The second-order valence-corrected chi connectivity index (χ2v) is 4.57. The predicted octanol–water partition coefficient (Wildman–Crippen LogP) is 3.09. The van der Waals surface area contributed by atoms with Crippen LogP contribution in [0.3, 0.4) is 0 Å². The van der Waals surface area contributed by atoms with Gasteiger partial charge in [0.25, 0.3) is 0 Å². The van der Waals surface area contributed by atoms with Crippen LogP contribution < -0.4 is 16.0 Å². The number of nitrogens with one attached hydrogen (secondary N) is 1. The van der Waals surface area contributed by atoms with Crippen LogP contribution in [0.25, 0.3) is 0 Å². The van der Waals surface area contributed by atoms with Crippen LogP contribution in [0.4, 0.5) is 4.39 Å². The Balaban J connectivity index is 2.47. The van der Waals surface area contributed by atoms with Crippen molar-refractivity contribution >= 4 is 0 Å². The largest absolute Gasteiger partial charge is 0.494 e. The lowest BCUT2D eigenvalue weighted by Crippen LogP contribution is -2.29. The van der Waals surface area contributed by atoms with E-state index in [2.05, 4.69) is 5.43 Å². The normalized spacial score (nSPS) is 12.2. The van der Waals surface area contributed by atoms with Gasteiger partial charge in [-0.25, -0.2) is 9.82 Å². The molecule has 0 bridgehead atoms. The van der Waals surface area contributed by atoms with Gasteiger partial charge in [0.2, 0.25) is 0 Å². The lowest BCUT2D eigenvalue weighted by atomic mass is 9.95. The van der Waals surface area contributed by atoms with Gasteiger partial charge in [-0.05, 0) is 43.2 Å². The van der Waals surface area contributed by atoms with Crippen LogP contribution in [-0.4, -0.2) is 6.61 Å². The van der Waals surface area contributed by atoms with Gasteiger partial charge in [0.1, 0.15) is 11.6 Å². The molecule has 106 valence electrons. The van der Waals surface area contributed by atoms with Crippen molar-refractivity contribution in [1.29, 1.82) is 0 Å². The minimum absolute atomic E-state index is 0.238. The summed E-state index contributed by atoms with van der Waals surface area (Å²) < 4.78 is 18.9. The summed E-state index contributed by atoms with van der Waals surface area (Å²) in [7, 11) is 0. The smallest absolute Gasteiger partial charge is 0.124 e. The molecule has 2 aromatic rings. The highest BCUT2D eigenvalue weighted by Crippen LogP contribution is 2.31. The van der Waals surface area contributed by atoms with Gasteiger partial charge in [-0.1, -0.05) is 24.3 Å². The summed E-state index contributed by atoms with van der Waals surface area (Å²) >= 11 is 0. The zero-order valence-corrected chi connectivity index (χ0v) is 11.7. The Morgan fingerprint density at radius 2 is 1.95 bits per heavy atom. The van der Waals surface area contributed by atoms with Gasteiger partial charge in [-0.2, -0.15) is 0 Å². The molecule has 0 aliphatic rings. The summed E-state index contributed by atoms with van der Waals surface area (Å²) in [4.78, 5) is 0. The van der Waals surface area contributed by atoms with Crippen molar-refractivity contribution in [1.82, 2.24) is 5.43 Å². The molecule has 0 aromatic heterocycles. The number of hydrogen-bond donors (Lipinski definition) is 2. The van der Waals surface area contributed by atoms with Gasteiger partial charge < -0.3 is 4.74 Å². The first-order valence-electron chi connectivity index (χ1n) is 6.61. The number of aryl methyl sites for hydroxylation is 1. The molecule has 0 radical (unpaired) electrons. The fourth-order valence-electron chi connectivity index (χ4n) is 2.32. The quantitative estimate of drug-likeness (QED) is 0.650. The van der Waals surface area contributed by atoms with Crippen molar-refractivity contribution in [3.63, 3.8) is 0 Å². The van der Waals surface area contributed by atoms with Crippen LogP contribution >= 0.6 is 0 Å². The molecule has 0 aliphatic heterocycles. The molecule has 0 saturated heterocycles. The Bertz CT molecular complexity index is 586. The van der Waals surface area contributed by atoms with E-state index in [4.69, 9.17) is 10.6 Å². The first-order chi connectivity index (χ1) is 9.67. The SMILES string of the molecule is CCOc1ccccc1C(NN)c1ccc(F)cc1C. The molecule has 20 heavy (non-hydrogen) atoms. The van der Waals surface area contributed by atoms with Gasteiger partial charge in [-0.15, -0.1) is 0 Å². The third kappa shape index (κ3) is 2.98. The Morgan fingerprint density at radius 1 is 1.20 bits per heavy atom. The standard InChI is InChI=1S/C16H19FN2O/c1-3-20-15-7-5-4-6-14(15)16(19-18)13-9-8-12(17)10-11(13)2/h4-10,16,19H,3,18H2,1-2H3. The maximum absolute atomic E-state index is 13.2. The number of hydrogen-bond acceptors (Lipinski definition) is 3. The zero-order chi connectivity index (χ0) is 14.5. The molecule has 0 saturated carbocycles. The van der Waals surface area contributed by atoms with E-state index < -0.39 is 0 Å². The molecule has 0 heterocycles. The molecule has 4 heteroatoms. The molecule has 1 unspecified atom stereocenters. The number of rotatable bonds is 5. The van der Waals surface area contributed by atoms with Crippen molar-refractivity contribution in [2.45, 2.75) is 19.9 Å². The van der Waals surface area contributed by atoms with Gasteiger partial charge in [0, 0.05) is 5.56 Å². The fourth-order valence-corrected chi connectivity index (χ4v) is 2.32. The van der Waals surface area contributed by atoms with Crippen molar-refractivity contribution in [2.75, 3.05) is 6.61 Å². The van der Waals surface area contributed by atoms with E-state index in [1.807, 2.05) is 38.1 Å². The molecule has 3 nitrogen and oxygen atoms in total. The molecular formula is C16H19FN2O. The molecule has 0 fully saturated rings. The van der Waals surface area contributed by atoms with Crippen LogP contribution in [0, 0.1) is 12.7 Å². The zero-order valence-electron chi connectivity index (χ0n) is 11.7. The highest BCUT2D eigenvalue weighted by Gasteiger charge is 2.18. The second-order valence-electron chi connectivity index (χ2n) is 4.57. The monoisotopic (exact) mass is 274 g/mol. The van der Waals surface area contributed by atoms with Gasteiger partial charge in [-0.3, -0.25) is 5.84 Å². The molecule has 0 aliphatic carbocycles. The summed E-state index contributed by atoms with van der Waals surface area (Å²) in [5, 5.41) is 0. The Morgan fingerprint density at radius 3 is 2.60 bits per heavy atom. The van der Waals surface area contributed by atoms with E-state index in [1.54, 1.807) is 6.07 Å². The van der Waals surface area contributed by atoms with Gasteiger partial charge in [0.05, 0.1) is 12.6 Å². The van der Waals surface area contributed by atoms with E-state index in [0.717, 1.165) is 22.4 Å². The van der Waals surface area contributed by atoms with Crippen molar-refractivity contribution in [2.24, 2.45) is 5.84 Å². The van der Waals surface area contributed by atoms with Crippen molar-refractivity contribution < 1.29 is 9.13 Å². The Labute approximate surface area is 118 Å². The molecule has 2 aromatic carbocycles. The maximum Gasteiger partial charge on any atom is 0.124 e. The average Bonchev–Trinajstić information content (AvgIpc) is 2.44. The molecule has 0 spiro atoms. The van der Waals surface area contributed by atoms with Gasteiger partial charge in [0.15, 0.2) is 0 Å². The van der Waals surface area contributed by atoms with Crippen molar-refractivity contribution in [3.05, 3.63) is 65.0 Å². The van der Waals surface area contributed by atoms with E-state index in [9.17, 15) is 4.39 Å². The third-order valence-corrected chi connectivity index (χ3v) is 3.24. The fraction of sp³-hybridized carbons (Fsp3) is 0.250. The van der Waals surface area contributed by atoms with E-state index >= 15 is 0 Å². The van der Waals surface area contributed by atoms with E-state index in [-0.39, 0.29) is 11.9 Å². The minimum atomic E-state index is -0.250. The number of nitrogens with two attached hydrogens (primary N) is 1. The second kappa shape index (κ2) is 6.50. The summed E-state index contributed by atoms with van der Waals surface area (Å²) in [5.41, 5.74) is 5.51. The summed E-state index contributed by atoms with van der Waals surface area (Å²) in [5.74, 6) is 6.24. The molecule has 0 amide bonds. The molecule has 1 atom stereocenters. The number of hydrazine groups is 1. The minimum Gasteiger partial charge on any atom is -0.494 e. The first-order valence-corrected chi connectivity index (χ1v) is 6.61. The van der Waals surface area contributed by atoms with Crippen LogP contribution in [0.5, 0.6) is 5.75 Å². The highest BCUT2D eigenvalue weighted by molar-refractivity contribution is 5.43. The summed E-state index contributed by atoms with van der Waals surface area (Å²) in [6.07, 6.45) is 0. The Kier molecular flexibility index (Phi) is 4.71. The van der Waals surface area contributed by atoms with Gasteiger partial charge >= 0.3 is 0 Å². The highest BCUT2D eigenvalue weighted by atomic mass is 19.1. The number of para-hydroxylation sites is 1. The molecular weight excluding hydrogens is 255 g/mol. The summed E-state index contributed by atoms with van der Waals surface area (Å²) in [6, 6.07) is 12.2. The van der Waals surface area contributed by atoms with Crippen molar-refractivity contribution in [3.8, 4) is 5.75 Å². The lowest BCUT2D eigenvalue weighted by molar-refractivity contribution is 0.333. The van der Waals surface area contributed by atoms with E-state index in [1.165, 1.54) is 12.1 Å². The van der Waals surface area contributed by atoms with Crippen LogP contribution in [-0.2, 0) is 0 Å². The predicted molar refractivity (Wildman–Crippen MR) is 77.9 cm³/mol. The summed E-state index contributed by atoms with van der Waals surface area (Å²) in [6.45, 7) is 4.38. The number of ether oxygens (including phenoxy) is 1.